The van der Waals surface area contributed by atoms with Crippen LogP contribution in [-0.4, -0.2) is 17.4 Å². The molecule has 88 valence electrons. The van der Waals surface area contributed by atoms with E-state index in [4.69, 9.17) is 5.73 Å². The molecular formula is C10H15F4N. The second kappa shape index (κ2) is 3.09. The second-order valence-electron chi connectivity index (χ2n) is 4.97. The molecule has 0 bridgehead atoms. The van der Waals surface area contributed by atoms with Gasteiger partial charge in [-0.2, -0.15) is 13.2 Å². The SMILES string of the molecule is NC1(C2CCC(F)(C(F)(F)F)CC2)CC1. The van der Waals surface area contributed by atoms with Crippen LogP contribution in [-0.2, 0) is 0 Å². The molecule has 0 spiro atoms. The molecule has 0 heterocycles. The largest absolute Gasteiger partial charge is 0.422 e. The van der Waals surface area contributed by atoms with Crippen molar-refractivity contribution >= 4 is 0 Å². The topological polar surface area (TPSA) is 26.0 Å². The molecule has 2 aliphatic rings. The van der Waals surface area contributed by atoms with Crippen molar-refractivity contribution < 1.29 is 17.6 Å². The Hall–Kier alpha value is -0.320. The molecular weight excluding hydrogens is 210 g/mol. The maximum atomic E-state index is 13.5. The average molecular weight is 225 g/mol. The van der Waals surface area contributed by atoms with Crippen LogP contribution in [0.5, 0.6) is 0 Å². The summed E-state index contributed by atoms with van der Waals surface area (Å²) < 4.78 is 50.6. The molecule has 0 atom stereocenters. The summed E-state index contributed by atoms with van der Waals surface area (Å²) in [4.78, 5) is 0. The average Bonchev–Trinajstić information content (AvgIpc) is 2.84. The van der Waals surface area contributed by atoms with Crippen LogP contribution in [0.4, 0.5) is 17.6 Å². The van der Waals surface area contributed by atoms with Crippen molar-refractivity contribution in [3.05, 3.63) is 0 Å². The van der Waals surface area contributed by atoms with E-state index in [1.807, 2.05) is 0 Å². The zero-order chi connectivity index (χ0) is 11.3. The third kappa shape index (κ3) is 1.86. The van der Waals surface area contributed by atoms with E-state index in [9.17, 15) is 17.6 Å². The van der Waals surface area contributed by atoms with E-state index in [0.29, 0.717) is 0 Å². The number of hydrogen-bond donors (Lipinski definition) is 1. The van der Waals surface area contributed by atoms with Gasteiger partial charge in [-0.15, -0.1) is 0 Å². The first-order chi connectivity index (χ1) is 6.77. The van der Waals surface area contributed by atoms with E-state index in [-0.39, 0.29) is 24.3 Å². The maximum Gasteiger partial charge on any atom is 0.422 e. The Balaban J connectivity index is 1.97. The molecule has 15 heavy (non-hydrogen) atoms. The van der Waals surface area contributed by atoms with Gasteiger partial charge in [-0.25, -0.2) is 4.39 Å². The monoisotopic (exact) mass is 225 g/mol. The lowest BCUT2D eigenvalue weighted by atomic mass is 9.75. The summed E-state index contributed by atoms with van der Waals surface area (Å²) in [6.07, 6.45) is -3.26. The number of hydrogen-bond acceptors (Lipinski definition) is 1. The molecule has 2 fully saturated rings. The second-order valence-corrected chi connectivity index (χ2v) is 4.97. The Morgan fingerprint density at radius 1 is 1.00 bits per heavy atom. The van der Waals surface area contributed by atoms with Gasteiger partial charge in [0.25, 0.3) is 0 Å². The molecule has 0 aromatic heterocycles. The zero-order valence-corrected chi connectivity index (χ0v) is 8.41. The molecule has 0 unspecified atom stereocenters. The van der Waals surface area contributed by atoms with Gasteiger partial charge < -0.3 is 5.73 Å². The number of halogens is 4. The van der Waals surface area contributed by atoms with Gasteiger partial charge in [0, 0.05) is 5.54 Å². The molecule has 0 saturated heterocycles. The Morgan fingerprint density at radius 2 is 1.47 bits per heavy atom. The lowest BCUT2D eigenvalue weighted by molar-refractivity contribution is -0.242. The molecule has 2 aliphatic carbocycles. The molecule has 0 aromatic carbocycles. The van der Waals surface area contributed by atoms with Crippen molar-refractivity contribution in [1.82, 2.24) is 0 Å². The van der Waals surface area contributed by atoms with Crippen molar-refractivity contribution in [3.63, 3.8) is 0 Å². The van der Waals surface area contributed by atoms with Gasteiger partial charge in [0.15, 0.2) is 0 Å². The van der Waals surface area contributed by atoms with E-state index in [0.717, 1.165) is 12.8 Å². The summed E-state index contributed by atoms with van der Waals surface area (Å²) in [5.41, 5.74) is 2.68. The highest BCUT2D eigenvalue weighted by Crippen LogP contribution is 2.52. The highest BCUT2D eigenvalue weighted by atomic mass is 19.4. The number of nitrogens with two attached hydrogens (primary N) is 1. The normalized spacial score (nSPS) is 40.2. The van der Waals surface area contributed by atoms with Gasteiger partial charge in [-0.05, 0) is 44.4 Å². The van der Waals surface area contributed by atoms with Crippen LogP contribution in [0.1, 0.15) is 38.5 Å². The predicted molar refractivity (Wildman–Crippen MR) is 48.0 cm³/mol. The summed E-state index contributed by atoms with van der Waals surface area (Å²) in [5, 5.41) is 0. The minimum atomic E-state index is -4.72. The molecule has 0 aromatic rings. The summed E-state index contributed by atoms with van der Waals surface area (Å²) in [5.74, 6) is 0.0868. The third-order valence-electron chi connectivity index (χ3n) is 3.93. The van der Waals surface area contributed by atoms with Crippen LogP contribution in [0.15, 0.2) is 0 Å². The quantitative estimate of drug-likeness (QED) is 0.682. The minimum Gasteiger partial charge on any atom is -0.325 e. The fourth-order valence-corrected chi connectivity index (χ4v) is 2.49. The van der Waals surface area contributed by atoms with Gasteiger partial charge in [0.1, 0.15) is 0 Å². The van der Waals surface area contributed by atoms with Gasteiger partial charge in [0.2, 0.25) is 5.67 Å². The van der Waals surface area contributed by atoms with Gasteiger partial charge in [-0.3, -0.25) is 0 Å². The Labute approximate surface area is 86.0 Å². The minimum absolute atomic E-state index is 0.0868. The van der Waals surface area contributed by atoms with Crippen LogP contribution < -0.4 is 5.73 Å². The van der Waals surface area contributed by atoms with Crippen molar-refractivity contribution in [2.75, 3.05) is 0 Å². The van der Waals surface area contributed by atoms with E-state index < -0.39 is 24.7 Å². The van der Waals surface area contributed by atoms with E-state index in [2.05, 4.69) is 0 Å². The first-order valence-corrected chi connectivity index (χ1v) is 5.31. The molecule has 1 nitrogen and oxygen atoms in total. The summed E-state index contributed by atoms with van der Waals surface area (Å²) in [6, 6.07) is 0. The van der Waals surface area contributed by atoms with Crippen molar-refractivity contribution in [3.8, 4) is 0 Å². The Kier molecular flexibility index (Phi) is 2.30. The lowest BCUT2D eigenvalue weighted by Crippen LogP contribution is -2.47. The first-order valence-electron chi connectivity index (χ1n) is 5.31. The van der Waals surface area contributed by atoms with Crippen molar-refractivity contribution in [2.24, 2.45) is 11.7 Å². The molecule has 5 heteroatoms. The zero-order valence-electron chi connectivity index (χ0n) is 8.41. The fraction of sp³-hybridized carbons (Fsp3) is 1.00. The van der Waals surface area contributed by atoms with Gasteiger partial charge in [0.05, 0.1) is 0 Å². The highest BCUT2D eigenvalue weighted by molar-refractivity contribution is 5.07. The summed E-state index contributed by atoms with van der Waals surface area (Å²) in [7, 11) is 0. The fourth-order valence-electron chi connectivity index (χ4n) is 2.49. The van der Waals surface area contributed by atoms with Crippen LogP contribution in [0, 0.1) is 5.92 Å². The summed E-state index contributed by atoms with van der Waals surface area (Å²) in [6.45, 7) is 0. The Bertz CT molecular complexity index is 249. The van der Waals surface area contributed by atoms with Crippen molar-refractivity contribution in [2.45, 2.75) is 55.9 Å². The van der Waals surface area contributed by atoms with E-state index >= 15 is 0 Å². The number of rotatable bonds is 1. The van der Waals surface area contributed by atoms with E-state index in [1.165, 1.54) is 0 Å². The molecule has 0 radical (unpaired) electrons. The van der Waals surface area contributed by atoms with Crippen LogP contribution >= 0.6 is 0 Å². The highest BCUT2D eigenvalue weighted by Gasteiger charge is 2.59. The molecule has 2 rings (SSSR count). The lowest BCUT2D eigenvalue weighted by Gasteiger charge is -2.37. The first kappa shape index (κ1) is 11.2. The third-order valence-corrected chi connectivity index (χ3v) is 3.93. The van der Waals surface area contributed by atoms with Crippen LogP contribution in [0.3, 0.4) is 0 Å². The molecule has 0 amide bonds. The van der Waals surface area contributed by atoms with Gasteiger partial charge >= 0.3 is 6.18 Å². The van der Waals surface area contributed by atoms with Crippen molar-refractivity contribution in [1.29, 1.82) is 0 Å². The molecule has 0 aliphatic heterocycles. The molecule has 2 N–H and O–H groups in total. The predicted octanol–water partition coefficient (Wildman–Crippen LogP) is 2.94. The summed E-state index contributed by atoms with van der Waals surface area (Å²) >= 11 is 0. The van der Waals surface area contributed by atoms with Gasteiger partial charge in [-0.1, -0.05) is 0 Å². The smallest absolute Gasteiger partial charge is 0.325 e. The van der Waals surface area contributed by atoms with E-state index in [1.54, 1.807) is 0 Å². The molecule has 2 saturated carbocycles. The standard InChI is InChI=1S/C10H15F4N/c11-9(10(12,13)14)3-1-7(2-4-9)8(15)5-6-8/h7H,1-6,15H2. The maximum absolute atomic E-state index is 13.5. The van der Waals surface area contributed by atoms with Crippen LogP contribution in [0.25, 0.3) is 0 Å². The Morgan fingerprint density at radius 3 is 1.80 bits per heavy atom. The van der Waals surface area contributed by atoms with Crippen LogP contribution in [0.2, 0.25) is 0 Å². The number of alkyl halides is 4.